The molecule has 0 radical (unpaired) electrons. The van der Waals surface area contributed by atoms with Crippen LogP contribution in [0.2, 0.25) is 0 Å². The minimum Gasteiger partial charge on any atom is -0.480 e. The largest absolute Gasteiger partial charge is 0.480 e. The number of hydrogen-bond acceptors (Lipinski definition) is 3. The molecule has 0 saturated carbocycles. The number of carboxylic acid groups (broad SMARTS) is 1. The minimum absolute atomic E-state index is 0.125. The van der Waals surface area contributed by atoms with Gasteiger partial charge in [-0.3, -0.25) is 4.79 Å². The summed E-state index contributed by atoms with van der Waals surface area (Å²) in [5.74, 6) is -1.76. The molecule has 0 aliphatic heterocycles. The molecule has 0 aliphatic rings. The number of sulfonamides is 1. The molecule has 94 valence electrons. The first-order valence-electron chi connectivity index (χ1n) is 4.69. The fourth-order valence-electron chi connectivity index (χ4n) is 1.23. The van der Waals surface area contributed by atoms with Crippen LogP contribution in [-0.2, 0) is 14.8 Å². The zero-order valence-corrected chi connectivity index (χ0v) is 10.2. The number of carboxylic acids is 1. The Kier molecular flexibility index (Phi) is 3.84. The van der Waals surface area contributed by atoms with E-state index in [0.717, 1.165) is 19.2 Å². The van der Waals surface area contributed by atoms with Crippen molar-refractivity contribution in [1.29, 1.82) is 0 Å². The van der Waals surface area contributed by atoms with Crippen molar-refractivity contribution in [2.45, 2.75) is 11.8 Å². The van der Waals surface area contributed by atoms with E-state index < -0.39 is 28.4 Å². The molecular weight excluding hydrogens is 249 g/mol. The second kappa shape index (κ2) is 4.80. The van der Waals surface area contributed by atoms with E-state index in [1.807, 2.05) is 0 Å². The van der Waals surface area contributed by atoms with Crippen molar-refractivity contribution in [3.63, 3.8) is 0 Å². The summed E-state index contributed by atoms with van der Waals surface area (Å²) >= 11 is 0. The molecule has 0 aliphatic carbocycles. The summed E-state index contributed by atoms with van der Waals surface area (Å²) in [6.45, 7) is 0.796. The van der Waals surface area contributed by atoms with Crippen molar-refractivity contribution in [2.75, 3.05) is 13.6 Å². The first kappa shape index (κ1) is 13.6. The van der Waals surface area contributed by atoms with Gasteiger partial charge in [-0.2, -0.15) is 4.31 Å². The number of aliphatic carboxylic acids is 1. The summed E-state index contributed by atoms with van der Waals surface area (Å²) in [4.78, 5) is 10.3. The lowest BCUT2D eigenvalue weighted by Crippen LogP contribution is -2.32. The third kappa shape index (κ3) is 3.01. The Bertz CT molecular complexity index is 541. The fraction of sp³-hybridized carbons (Fsp3) is 0.300. The van der Waals surface area contributed by atoms with Crippen molar-refractivity contribution in [2.24, 2.45) is 0 Å². The maximum atomic E-state index is 13.0. The summed E-state index contributed by atoms with van der Waals surface area (Å²) in [6.07, 6.45) is 0. The Morgan fingerprint density at radius 2 is 2.06 bits per heavy atom. The number of rotatable bonds is 4. The average molecular weight is 261 g/mol. The Hall–Kier alpha value is -1.47. The van der Waals surface area contributed by atoms with Gasteiger partial charge in [0.2, 0.25) is 10.0 Å². The van der Waals surface area contributed by atoms with Crippen LogP contribution in [0, 0.1) is 12.7 Å². The standard InChI is InChI=1S/C10H12FNO4S/c1-7-5-8(3-4-9(7)11)17(15,16)12(2)6-10(13)14/h3-5H,6H2,1-2H3,(H,13,14). The topological polar surface area (TPSA) is 74.7 Å². The second-order valence-electron chi connectivity index (χ2n) is 3.57. The molecule has 0 spiro atoms. The highest BCUT2D eigenvalue weighted by atomic mass is 32.2. The van der Waals surface area contributed by atoms with Crippen LogP contribution in [0.3, 0.4) is 0 Å². The molecule has 0 unspecified atom stereocenters. The SMILES string of the molecule is Cc1cc(S(=O)(=O)N(C)CC(=O)O)ccc1F. The number of hydrogen-bond donors (Lipinski definition) is 1. The molecular formula is C10H12FNO4S. The lowest BCUT2D eigenvalue weighted by Gasteiger charge is -2.15. The number of aryl methyl sites for hydroxylation is 1. The van der Waals surface area contributed by atoms with Gasteiger partial charge in [0.05, 0.1) is 4.90 Å². The Morgan fingerprint density at radius 3 is 2.53 bits per heavy atom. The van der Waals surface area contributed by atoms with Crippen LogP contribution in [0.25, 0.3) is 0 Å². The third-order valence-corrected chi connectivity index (χ3v) is 3.99. The molecule has 0 aromatic heterocycles. The van der Waals surface area contributed by atoms with Crippen LogP contribution in [0.4, 0.5) is 4.39 Å². The van der Waals surface area contributed by atoms with Gasteiger partial charge in [0.15, 0.2) is 0 Å². The highest BCUT2D eigenvalue weighted by Gasteiger charge is 2.23. The maximum absolute atomic E-state index is 13.0. The Labute approximate surface area is 98.5 Å². The molecule has 0 bridgehead atoms. The van der Waals surface area contributed by atoms with Gasteiger partial charge in [-0.05, 0) is 30.7 Å². The molecule has 0 atom stereocenters. The quantitative estimate of drug-likeness (QED) is 0.871. The van der Waals surface area contributed by atoms with E-state index in [4.69, 9.17) is 5.11 Å². The first-order valence-corrected chi connectivity index (χ1v) is 6.13. The summed E-state index contributed by atoms with van der Waals surface area (Å²) < 4.78 is 37.4. The van der Waals surface area contributed by atoms with Gasteiger partial charge in [0.1, 0.15) is 12.4 Å². The number of nitrogens with zero attached hydrogens (tertiary/aromatic N) is 1. The predicted molar refractivity (Wildman–Crippen MR) is 58.6 cm³/mol. The van der Waals surface area contributed by atoms with E-state index in [2.05, 4.69) is 0 Å². The van der Waals surface area contributed by atoms with Crippen molar-refractivity contribution < 1.29 is 22.7 Å². The van der Waals surface area contributed by atoms with Gasteiger partial charge in [-0.15, -0.1) is 0 Å². The van der Waals surface area contributed by atoms with Gasteiger partial charge in [-0.1, -0.05) is 0 Å². The number of likely N-dealkylation sites (N-methyl/N-ethyl adjacent to an activating group) is 1. The van der Waals surface area contributed by atoms with E-state index in [9.17, 15) is 17.6 Å². The van der Waals surface area contributed by atoms with Gasteiger partial charge in [0.25, 0.3) is 0 Å². The molecule has 1 N–H and O–H groups in total. The normalized spacial score (nSPS) is 11.8. The molecule has 1 aromatic carbocycles. The van der Waals surface area contributed by atoms with Crippen LogP contribution in [0.1, 0.15) is 5.56 Å². The molecule has 7 heteroatoms. The molecule has 1 rings (SSSR count). The zero-order valence-electron chi connectivity index (χ0n) is 9.34. The molecule has 17 heavy (non-hydrogen) atoms. The summed E-state index contributed by atoms with van der Waals surface area (Å²) in [5.41, 5.74) is 0.190. The monoisotopic (exact) mass is 261 g/mol. The minimum atomic E-state index is -3.89. The van der Waals surface area contributed by atoms with E-state index in [1.54, 1.807) is 0 Å². The van der Waals surface area contributed by atoms with Crippen molar-refractivity contribution in [3.8, 4) is 0 Å². The van der Waals surface area contributed by atoms with Crippen LogP contribution >= 0.6 is 0 Å². The lowest BCUT2D eigenvalue weighted by atomic mass is 10.2. The molecule has 5 nitrogen and oxygen atoms in total. The molecule has 0 amide bonds. The van der Waals surface area contributed by atoms with Crippen LogP contribution in [-0.4, -0.2) is 37.4 Å². The summed E-state index contributed by atoms with van der Waals surface area (Å²) in [7, 11) is -2.73. The van der Waals surface area contributed by atoms with Crippen molar-refractivity contribution in [3.05, 3.63) is 29.6 Å². The summed E-state index contributed by atoms with van der Waals surface area (Å²) in [6, 6.07) is 3.32. The average Bonchev–Trinajstić information content (AvgIpc) is 2.20. The molecule has 1 aromatic rings. The number of carbonyl (C=O) groups is 1. The van der Waals surface area contributed by atoms with E-state index in [0.29, 0.717) is 4.31 Å². The van der Waals surface area contributed by atoms with Crippen molar-refractivity contribution >= 4 is 16.0 Å². The molecule has 0 saturated heterocycles. The molecule has 0 heterocycles. The van der Waals surface area contributed by atoms with E-state index in [-0.39, 0.29) is 10.5 Å². The lowest BCUT2D eigenvalue weighted by molar-refractivity contribution is -0.137. The highest BCUT2D eigenvalue weighted by Crippen LogP contribution is 2.17. The summed E-state index contributed by atoms with van der Waals surface area (Å²) in [5, 5.41) is 8.53. The zero-order chi connectivity index (χ0) is 13.2. The van der Waals surface area contributed by atoms with Crippen LogP contribution < -0.4 is 0 Å². The predicted octanol–water partition coefficient (Wildman–Crippen LogP) is 0.839. The number of halogens is 1. The first-order chi connectivity index (χ1) is 7.75. The fourth-order valence-corrected chi connectivity index (χ4v) is 2.44. The van der Waals surface area contributed by atoms with E-state index >= 15 is 0 Å². The maximum Gasteiger partial charge on any atom is 0.318 e. The van der Waals surface area contributed by atoms with Gasteiger partial charge in [0, 0.05) is 7.05 Å². The smallest absolute Gasteiger partial charge is 0.318 e. The second-order valence-corrected chi connectivity index (χ2v) is 5.61. The van der Waals surface area contributed by atoms with Crippen molar-refractivity contribution in [1.82, 2.24) is 4.31 Å². The number of benzene rings is 1. The van der Waals surface area contributed by atoms with E-state index in [1.165, 1.54) is 13.0 Å². The Balaban J connectivity index is 3.13. The van der Waals surface area contributed by atoms with Gasteiger partial charge < -0.3 is 5.11 Å². The highest BCUT2D eigenvalue weighted by molar-refractivity contribution is 7.89. The van der Waals surface area contributed by atoms with Gasteiger partial charge >= 0.3 is 5.97 Å². The molecule has 0 fully saturated rings. The van der Waals surface area contributed by atoms with Crippen LogP contribution in [0.5, 0.6) is 0 Å². The van der Waals surface area contributed by atoms with Crippen LogP contribution in [0.15, 0.2) is 23.1 Å². The van der Waals surface area contributed by atoms with Gasteiger partial charge in [-0.25, -0.2) is 12.8 Å². The Morgan fingerprint density at radius 1 is 1.47 bits per heavy atom. The third-order valence-electron chi connectivity index (χ3n) is 2.20.